The second-order valence-corrected chi connectivity index (χ2v) is 9.24. The number of nitrogens with zero attached hydrogens (tertiary/aromatic N) is 1. The zero-order valence-electron chi connectivity index (χ0n) is 18.4. The number of aryl methyl sites for hydroxylation is 2. The predicted molar refractivity (Wildman–Crippen MR) is 129 cm³/mol. The monoisotopic (exact) mass is 458 g/mol. The van der Waals surface area contributed by atoms with Gasteiger partial charge in [0.15, 0.2) is 35.7 Å². The molecule has 1 aromatic heterocycles. The maximum absolute atomic E-state index is 6.29. The molecule has 0 saturated carbocycles. The van der Waals surface area contributed by atoms with Gasteiger partial charge in [-0.15, -0.1) is 11.8 Å². The number of aromatic nitrogens is 1. The quantitative estimate of drug-likeness (QED) is 0.224. The number of rotatable bonds is 6. The molecule has 33 heavy (non-hydrogen) atoms. The molecule has 3 heterocycles. The summed E-state index contributed by atoms with van der Waals surface area (Å²) in [6.07, 6.45) is 3.14. The van der Waals surface area contributed by atoms with Crippen LogP contribution in [0.15, 0.2) is 71.8 Å². The van der Waals surface area contributed by atoms with Crippen LogP contribution in [0.2, 0.25) is 0 Å². The van der Waals surface area contributed by atoms with E-state index in [1.54, 1.807) is 18.9 Å². The molecule has 0 atom stereocenters. The second kappa shape index (κ2) is 8.52. The van der Waals surface area contributed by atoms with Gasteiger partial charge in [-0.1, -0.05) is 18.2 Å². The summed E-state index contributed by atoms with van der Waals surface area (Å²) in [6.45, 7) is 1.79. The van der Waals surface area contributed by atoms with E-state index < -0.39 is 0 Å². The zero-order valence-corrected chi connectivity index (χ0v) is 19.2. The summed E-state index contributed by atoms with van der Waals surface area (Å²) in [5, 5.41) is 2.19. The zero-order chi connectivity index (χ0) is 22.2. The average molecular weight is 459 g/mol. The Bertz CT molecular complexity index is 1340. The van der Waals surface area contributed by atoms with Crippen molar-refractivity contribution >= 4 is 22.5 Å². The molecule has 0 radical (unpaired) electrons. The van der Waals surface area contributed by atoms with Crippen LogP contribution in [-0.2, 0) is 13.0 Å². The number of ether oxygens (including phenoxy) is 4. The minimum Gasteiger partial charge on any atom is -0.493 e. The van der Waals surface area contributed by atoms with Gasteiger partial charge in [0.05, 0.1) is 24.7 Å². The van der Waals surface area contributed by atoms with E-state index in [2.05, 4.69) is 59.3 Å². The van der Waals surface area contributed by atoms with Crippen molar-refractivity contribution in [2.45, 2.75) is 17.9 Å². The lowest BCUT2D eigenvalue weighted by Gasteiger charge is -2.18. The maximum atomic E-state index is 6.29. The summed E-state index contributed by atoms with van der Waals surface area (Å²) in [7, 11) is 1.69. The minimum absolute atomic E-state index is 0.291. The summed E-state index contributed by atoms with van der Waals surface area (Å²) >= 11 is 1.79. The van der Waals surface area contributed by atoms with Crippen LogP contribution in [0.25, 0.3) is 22.0 Å². The predicted octanol–water partition coefficient (Wildman–Crippen LogP) is 5.26. The normalized spacial score (nSPS) is 13.5. The van der Waals surface area contributed by atoms with E-state index in [9.17, 15) is 0 Å². The second-order valence-electron chi connectivity index (χ2n) is 8.07. The van der Waals surface area contributed by atoms with Gasteiger partial charge in [0, 0.05) is 23.1 Å². The van der Waals surface area contributed by atoms with Gasteiger partial charge >= 0.3 is 0 Å². The Balaban J connectivity index is 1.33. The molecule has 0 spiro atoms. The minimum atomic E-state index is 0.291. The van der Waals surface area contributed by atoms with Gasteiger partial charge in [0.1, 0.15) is 0 Å². The molecule has 6 heteroatoms. The third-order valence-corrected chi connectivity index (χ3v) is 7.11. The topological polar surface area (TPSA) is 40.8 Å². The summed E-state index contributed by atoms with van der Waals surface area (Å²) in [5.74, 6) is 4.08. The number of pyridine rings is 1. The fourth-order valence-electron chi connectivity index (χ4n) is 4.53. The molecule has 0 amide bonds. The Morgan fingerprint density at radius 3 is 2.70 bits per heavy atom. The molecular formula is C27H24NO4S+. The largest absolute Gasteiger partial charge is 0.493 e. The molecule has 166 valence electrons. The first kappa shape index (κ1) is 20.2. The van der Waals surface area contributed by atoms with Gasteiger partial charge < -0.3 is 18.9 Å². The van der Waals surface area contributed by atoms with Crippen LogP contribution < -0.4 is 23.5 Å². The van der Waals surface area contributed by atoms with Crippen molar-refractivity contribution in [3.8, 4) is 34.3 Å². The molecule has 0 fully saturated rings. The molecule has 0 bridgehead atoms. The van der Waals surface area contributed by atoms with Crippen molar-refractivity contribution in [3.05, 3.63) is 72.4 Å². The molecule has 0 saturated heterocycles. The molecule has 5 nitrogen and oxygen atoms in total. The van der Waals surface area contributed by atoms with E-state index >= 15 is 0 Å². The number of hydrogen-bond acceptors (Lipinski definition) is 5. The fraction of sp³-hybridized carbons (Fsp3) is 0.222. The highest BCUT2D eigenvalue weighted by Gasteiger charge is 2.28. The maximum Gasteiger partial charge on any atom is 0.231 e. The molecule has 2 aliphatic heterocycles. The van der Waals surface area contributed by atoms with Crippen molar-refractivity contribution in [2.24, 2.45) is 0 Å². The molecule has 3 aromatic carbocycles. The summed E-state index contributed by atoms with van der Waals surface area (Å²) < 4.78 is 25.5. The Morgan fingerprint density at radius 1 is 1.00 bits per heavy atom. The van der Waals surface area contributed by atoms with Crippen molar-refractivity contribution in [1.29, 1.82) is 0 Å². The van der Waals surface area contributed by atoms with E-state index in [1.165, 1.54) is 21.7 Å². The van der Waals surface area contributed by atoms with Gasteiger partial charge in [-0.2, -0.15) is 4.57 Å². The average Bonchev–Trinajstić information content (AvgIpc) is 3.32. The fourth-order valence-corrected chi connectivity index (χ4v) is 5.28. The van der Waals surface area contributed by atoms with Crippen molar-refractivity contribution in [3.63, 3.8) is 0 Å². The number of methoxy groups -OCH3 is 1. The van der Waals surface area contributed by atoms with Crippen LogP contribution in [0.3, 0.4) is 0 Å². The molecule has 0 aliphatic carbocycles. The van der Waals surface area contributed by atoms with Crippen LogP contribution in [-0.4, -0.2) is 26.3 Å². The SMILES string of the molecule is COc1ccc2cc3[n+](cc2c1OCCSc1ccccc1)CCc1cc2c(cc1-3)OCO2. The van der Waals surface area contributed by atoms with E-state index in [-0.39, 0.29) is 0 Å². The van der Waals surface area contributed by atoms with Crippen LogP contribution in [0.4, 0.5) is 0 Å². The first-order valence-electron chi connectivity index (χ1n) is 11.1. The lowest BCUT2D eigenvalue weighted by Crippen LogP contribution is -2.40. The molecule has 4 aromatic rings. The Labute approximate surface area is 196 Å². The van der Waals surface area contributed by atoms with Crippen LogP contribution >= 0.6 is 11.8 Å². The highest BCUT2D eigenvalue weighted by molar-refractivity contribution is 7.99. The third-order valence-electron chi connectivity index (χ3n) is 6.14. The van der Waals surface area contributed by atoms with E-state index in [0.29, 0.717) is 13.4 Å². The van der Waals surface area contributed by atoms with Crippen LogP contribution in [0.1, 0.15) is 5.56 Å². The Morgan fingerprint density at radius 2 is 1.85 bits per heavy atom. The highest BCUT2D eigenvalue weighted by Crippen LogP contribution is 2.41. The van der Waals surface area contributed by atoms with E-state index in [0.717, 1.165) is 52.5 Å². The highest BCUT2D eigenvalue weighted by atomic mass is 32.2. The van der Waals surface area contributed by atoms with Crippen molar-refractivity contribution < 1.29 is 23.5 Å². The van der Waals surface area contributed by atoms with Gasteiger partial charge in [-0.05, 0) is 47.3 Å². The summed E-state index contributed by atoms with van der Waals surface area (Å²) in [4.78, 5) is 1.25. The van der Waals surface area contributed by atoms with E-state index in [1.807, 2.05) is 12.1 Å². The van der Waals surface area contributed by atoms with Crippen LogP contribution in [0, 0.1) is 0 Å². The molecule has 0 N–H and O–H groups in total. The number of fused-ring (bicyclic) bond motifs is 5. The van der Waals surface area contributed by atoms with Crippen LogP contribution in [0.5, 0.6) is 23.0 Å². The van der Waals surface area contributed by atoms with E-state index in [4.69, 9.17) is 18.9 Å². The van der Waals surface area contributed by atoms with Gasteiger partial charge in [0.2, 0.25) is 12.5 Å². The van der Waals surface area contributed by atoms with Gasteiger partial charge in [-0.25, -0.2) is 0 Å². The summed E-state index contributed by atoms with van der Waals surface area (Å²) in [6, 6.07) is 20.9. The lowest BCUT2D eigenvalue weighted by molar-refractivity contribution is -0.686. The summed E-state index contributed by atoms with van der Waals surface area (Å²) in [5.41, 5.74) is 3.67. The third kappa shape index (κ3) is 3.74. The Kier molecular flexibility index (Phi) is 5.23. The lowest BCUT2D eigenvalue weighted by atomic mass is 9.95. The standard InChI is InChI=1S/C27H24NO4S/c1-29-24-8-7-18-13-23-21-15-26-25(31-17-32-26)14-19(21)9-10-28(23)16-22(18)27(24)30-11-12-33-20-5-3-2-4-6-20/h2-8,13-16H,9-12,17H2,1H3/q+1. The van der Waals surface area contributed by atoms with Crippen molar-refractivity contribution in [2.75, 3.05) is 26.3 Å². The molecule has 2 aliphatic rings. The molecule has 0 unspecified atom stereocenters. The smallest absolute Gasteiger partial charge is 0.231 e. The first-order valence-corrected chi connectivity index (χ1v) is 12.1. The number of benzene rings is 3. The number of thioether (sulfide) groups is 1. The molecular weight excluding hydrogens is 434 g/mol. The Hall–Kier alpha value is -3.38. The van der Waals surface area contributed by atoms with Gasteiger partial charge in [0.25, 0.3) is 0 Å². The number of hydrogen-bond donors (Lipinski definition) is 0. The van der Waals surface area contributed by atoms with Crippen molar-refractivity contribution in [1.82, 2.24) is 0 Å². The van der Waals surface area contributed by atoms with Gasteiger partial charge in [-0.3, -0.25) is 0 Å². The first-order chi connectivity index (χ1) is 16.3. The molecule has 6 rings (SSSR count).